The summed E-state index contributed by atoms with van der Waals surface area (Å²) in [7, 11) is 3.40. The summed E-state index contributed by atoms with van der Waals surface area (Å²) in [6.07, 6.45) is 6.28. The van der Waals surface area contributed by atoms with E-state index in [4.69, 9.17) is 14.2 Å². The quantitative estimate of drug-likeness (QED) is 0.182. The van der Waals surface area contributed by atoms with E-state index >= 15 is 0 Å². The number of esters is 1. The molecule has 43 heavy (non-hydrogen) atoms. The van der Waals surface area contributed by atoms with Crippen LogP contribution in [-0.2, 0) is 43.9 Å². The number of rotatable bonds is 14. The van der Waals surface area contributed by atoms with E-state index in [9.17, 15) is 18.8 Å². The second kappa shape index (κ2) is 13.4. The van der Waals surface area contributed by atoms with Gasteiger partial charge in [-0.15, -0.1) is 11.3 Å². The lowest BCUT2D eigenvalue weighted by Crippen LogP contribution is -2.37. The number of pyridine rings is 1. The van der Waals surface area contributed by atoms with E-state index in [-0.39, 0.29) is 37.0 Å². The zero-order valence-corrected chi connectivity index (χ0v) is 25.1. The normalized spacial score (nSPS) is 12.8. The van der Waals surface area contributed by atoms with Crippen molar-refractivity contribution >= 4 is 39.2 Å². The van der Waals surface area contributed by atoms with E-state index in [1.165, 1.54) is 24.3 Å². The first-order chi connectivity index (χ1) is 20.7. The van der Waals surface area contributed by atoms with Crippen LogP contribution in [0.25, 0.3) is 20.9 Å². The van der Waals surface area contributed by atoms with Gasteiger partial charge in [0.15, 0.2) is 18.2 Å². The molecule has 1 saturated carbocycles. The van der Waals surface area contributed by atoms with Gasteiger partial charge < -0.3 is 23.7 Å². The zero-order valence-electron chi connectivity index (χ0n) is 24.3. The molecule has 226 valence electrons. The third-order valence-electron chi connectivity index (χ3n) is 7.18. The van der Waals surface area contributed by atoms with Crippen molar-refractivity contribution in [2.45, 2.75) is 39.2 Å². The van der Waals surface area contributed by atoms with Gasteiger partial charge in [0.05, 0.1) is 40.1 Å². The number of ether oxygens (including phenoxy) is 3. The van der Waals surface area contributed by atoms with E-state index in [0.717, 1.165) is 28.1 Å². The fourth-order valence-electron chi connectivity index (χ4n) is 4.67. The van der Waals surface area contributed by atoms with Gasteiger partial charge in [-0.25, -0.2) is 9.37 Å². The average Bonchev–Trinajstić information content (AvgIpc) is 3.55. The van der Waals surface area contributed by atoms with Crippen molar-refractivity contribution in [3.8, 4) is 22.2 Å². The molecule has 0 aliphatic heterocycles. The van der Waals surface area contributed by atoms with Crippen LogP contribution in [0.2, 0.25) is 0 Å². The number of hydrogen-bond donors (Lipinski definition) is 0. The highest BCUT2D eigenvalue weighted by Gasteiger charge is 2.24. The van der Waals surface area contributed by atoms with Crippen molar-refractivity contribution in [3.63, 3.8) is 0 Å². The maximum atomic E-state index is 15.0. The van der Waals surface area contributed by atoms with Crippen molar-refractivity contribution in [2.75, 3.05) is 26.9 Å². The Hall–Kier alpha value is -4.16. The van der Waals surface area contributed by atoms with Crippen LogP contribution in [-0.4, -0.2) is 64.0 Å². The maximum Gasteiger partial charge on any atom is 0.303 e. The van der Waals surface area contributed by atoms with Crippen LogP contribution in [0.5, 0.6) is 11.5 Å². The minimum Gasteiger partial charge on any atom is -0.456 e. The van der Waals surface area contributed by atoms with Crippen molar-refractivity contribution in [2.24, 2.45) is 13.0 Å². The molecule has 4 aromatic rings. The SMILES string of the molecule is COCCN(Cc1cnc(-c2cc3nccc(Oc4ccc(CC(=O)CC5CC5)cc4F)c3s2)n1C)C(=O)COC(C)=O. The van der Waals surface area contributed by atoms with E-state index < -0.39 is 11.8 Å². The van der Waals surface area contributed by atoms with Gasteiger partial charge in [0, 0.05) is 52.7 Å². The van der Waals surface area contributed by atoms with Gasteiger partial charge in [0.1, 0.15) is 17.4 Å². The van der Waals surface area contributed by atoms with Crippen molar-refractivity contribution in [1.29, 1.82) is 0 Å². The summed E-state index contributed by atoms with van der Waals surface area (Å²) in [5.74, 6) is 0.409. The summed E-state index contributed by atoms with van der Waals surface area (Å²) >= 11 is 1.41. The number of fused-ring (bicyclic) bond motifs is 1. The van der Waals surface area contributed by atoms with Crippen molar-refractivity contribution < 1.29 is 33.0 Å². The predicted molar refractivity (Wildman–Crippen MR) is 158 cm³/mol. The van der Waals surface area contributed by atoms with E-state index in [1.54, 1.807) is 42.6 Å². The molecule has 1 aromatic carbocycles. The summed E-state index contributed by atoms with van der Waals surface area (Å²) in [6, 6.07) is 8.21. The molecule has 0 atom stereocenters. The Kier molecular flexibility index (Phi) is 9.46. The number of amides is 1. The molecule has 10 nitrogen and oxygen atoms in total. The van der Waals surface area contributed by atoms with Gasteiger partial charge in [-0.2, -0.15) is 0 Å². The van der Waals surface area contributed by atoms with Crippen LogP contribution < -0.4 is 4.74 Å². The van der Waals surface area contributed by atoms with Crippen LogP contribution >= 0.6 is 11.3 Å². The molecule has 3 heterocycles. The molecule has 0 spiro atoms. The Bertz CT molecular complexity index is 1650. The minimum absolute atomic E-state index is 0.0645. The number of aromatic nitrogens is 3. The topological polar surface area (TPSA) is 113 Å². The third kappa shape index (κ3) is 7.63. The van der Waals surface area contributed by atoms with E-state index in [1.807, 2.05) is 17.7 Å². The number of carbonyl (C=O) groups is 3. The Morgan fingerprint density at radius 1 is 1.14 bits per heavy atom. The molecule has 1 amide bonds. The molecule has 0 saturated heterocycles. The first-order valence-electron chi connectivity index (χ1n) is 14.0. The Labute approximate surface area is 252 Å². The molecule has 0 N–H and O–H groups in total. The predicted octanol–water partition coefficient (Wildman–Crippen LogP) is 5.08. The smallest absolute Gasteiger partial charge is 0.303 e. The number of Topliss-reactive ketones (excluding diaryl/α,β-unsaturated/α-hetero) is 1. The monoisotopic (exact) mass is 608 g/mol. The molecule has 0 unspecified atom stereocenters. The summed E-state index contributed by atoms with van der Waals surface area (Å²) in [6.45, 7) is 1.79. The third-order valence-corrected chi connectivity index (χ3v) is 8.32. The lowest BCUT2D eigenvalue weighted by Gasteiger charge is -2.22. The van der Waals surface area contributed by atoms with Gasteiger partial charge in [0.25, 0.3) is 5.91 Å². The van der Waals surface area contributed by atoms with Crippen LogP contribution in [0.3, 0.4) is 0 Å². The van der Waals surface area contributed by atoms with E-state index in [0.29, 0.717) is 48.1 Å². The number of hydrogen-bond acceptors (Lipinski definition) is 9. The lowest BCUT2D eigenvalue weighted by molar-refractivity contribution is -0.150. The van der Waals surface area contributed by atoms with Crippen molar-refractivity contribution in [3.05, 3.63) is 59.8 Å². The lowest BCUT2D eigenvalue weighted by atomic mass is 10.0. The molecule has 5 rings (SSSR count). The minimum atomic E-state index is -0.534. The fourth-order valence-corrected chi connectivity index (χ4v) is 5.77. The van der Waals surface area contributed by atoms with Crippen LogP contribution in [0.15, 0.2) is 42.7 Å². The van der Waals surface area contributed by atoms with Crippen LogP contribution in [0.4, 0.5) is 4.39 Å². The standard InChI is InChI=1S/C31H33FN4O6S/c1-19(37)41-18-29(39)36(10-11-40-3)17-22-16-34-31(35(22)2)28-15-25-30(43-28)27(8-9-33-25)42-26-7-6-21(14-24(26)32)13-23(38)12-20-4-5-20/h6-9,14-16,20H,4-5,10-13,17-18H2,1-3H3. The highest BCUT2D eigenvalue weighted by molar-refractivity contribution is 7.22. The van der Waals surface area contributed by atoms with Gasteiger partial charge in [-0.3, -0.25) is 19.4 Å². The molecular weight excluding hydrogens is 575 g/mol. The highest BCUT2D eigenvalue weighted by Crippen LogP contribution is 2.39. The molecular formula is C31H33FN4O6S. The number of carbonyl (C=O) groups excluding carboxylic acids is 3. The number of nitrogens with zero attached hydrogens (tertiary/aromatic N) is 4. The van der Waals surface area contributed by atoms with E-state index in [2.05, 4.69) is 9.97 Å². The second-order valence-corrected chi connectivity index (χ2v) is 11.6. The van der Waals surface area contributed by atoms with Gasteiger partial charge in [0.2, 0.25) is 0 Å². The highest BCUT2D eigenvalue weighted by atomic mass is 32.1. The van der Waals surface area contributed by atoms with Gasteiger partial charge in [-0.1, -0.05) is 6.07 Å². The largest absolute Gasteiger partial charge is 0.456 e. The second-order valence-electron chi connectivity index (χ2n) is 10.6. The number of thiophene rings is 1. The fraction of sp³-hybridized carbons (Fsp3) is 0.387. The Morgan fingerprint density at radius 3 is 2.67 bits per heavy atom. The van der Waals surface area contributed by atoms with Gasteiger partial charge >= 0.3 is 5.97 Å². The summed E-state index contributed by atoms with van der Waals surface area (Å²) in [5, 5.41) is 0. The number of benzene rings is 1. The Morgan fingerprint density at radius 2 is 1.95 bits per heavy atom. The first-order valence-corrected chi connectivity index (χ1v) is 14.8. The number of imidazole rings is 1. The number of methoxy groups -OCH3 is 1. The number of halogens is 1. The molecule has 1 aliphatic rings. The summed E-state index contributed by atoms with van der Waals surface area (Å²) in [4.78, 5) is 47.5. The first kappa shape index (κ1) is 30.3. The molecule has 1 aliphatic carbocycles. The van der Waals surface area contributed by atoms with Crippen molar-refractivity contribution in [1.82, 2.24) is 19.4 Å². The zero-order chi connectivity index (χ0) is 30.5. The molecule has 1 fully saturated rings. The summed E-state index contributed by atoms with van der Waals surface area (Å²) in [5.41, 5.74) is 2.07. The molecule has 0 radical (unpaired) electrons. The molecule has 3 aromatic heterocycles. The van der Waals surface area contributed by atoms with Crippen LogP contribution in [0, 0.1) is 11.7 Å². The molecule has 0 bridgehead atoms. The van der Waals surface area contributed by atoms with Crippen LogP contribution in [0.1, 0.15) is 37.4 Å². The van der Waals surface area contributed by atoms with Gasteiger partial charge in [-0.05, 0) is 42.5 Å². The Balaban J connectivity index is 1.32. The maximum absolute atomic E-state index is 15.0. The molecule has 12 heteroatoms. The number of ketones is 1. The average molecular weight is 609 g/mol. The summed E-state index contributed by atoms with van der Waals surface area (Å²) < 4.78 is 33.6.